The maximum atomic E-state index is 4.84. The summed E-state index contributed by atoms with van der Waals surface area (Å²) in [6.07, 6.45) is 1.97. The molecule has 1 aromatic heterocycles. The number of pyridine rings is 1. The molecule has 0 atom stereocenters. The highest BCUT2D eigenvalue weighted by Gasteiger charge is 2.11. The molecular weight excluding hydrogens is 302 g/mol. The van der Waals surface area contributed by atoms with Crippen molar-refractivity contribution in [3.05, 3.63) is 103 Å². The van der Waals surface area contributed by atoms with E-state index in [1.165, 1.54) is 16.7 Å². The first kappa shape index (κ1) is 15.3. The Labute approximate surface area is 148 Å². The van der Waals surface area contributed by atoms with E-state index in [1.54, 1.807) is 0 Å². The van der Waals surface area contributed by atoms with E-state index in [0.29, 0.717) is 0 Å². The summed E-state index contributed by atoms with van der Waals surface area (Å²) in [4.78, 5) is 4.84. The van der Waals surface area contributed by atoms with E-state index in [2.05, 4.69) is 85.8 Å². The summed E-state index contributed by atoms with van der Waals surface area (Å²) in [5.41, 5.74) is 8.08. The molecule has 1 heteroatoms. The van der Waals surface area contributed by atoms with Gasteiger partial charge in [-0.3, -0.25) is 4.98 Å². The van der Waals surface area contributed by atoms with E-state index in [-0.39, 0.29) is 0 Å². The van der Waals surface area contributed by atoms with E-state index < -0.39 is 0 Å². The topological polar surface area (TPSA) is 12.9 Å². The van der Waals surface area contributed by atoms with Gasteiger partial charge in [0.25, 0.3) is 0 Å². The fourth-order valence-corrected chi connectivity index (χ4v) is 3.11. The van der Waals surface area contributed by atoms with Gasteiger partial charge in [-0.1, -0.05) is 84.4 Å². The van der Waals surface area contributed by atoms with Gasteiger partial charge in [-0.2, -0.15) is 0 Å². The van der Waals surface area contributed by atoms with Gasteiger partial charge < -0.3 is 0 Å². The van der Waals surface area contributed by atoms with Gasteiger partial charge in [0.2, 0.25) is 0 Å². The van der Waals surface area contributed by atoms with Crippen LogP contribution in [0.3, 0.4) is 0 Å². The molecule has 0 saturated carbocycles. The first-order valence-corrected chi connectivity index (χ1v) is 8.49. The molecule has 0 N–H and O–H groups in total. The van der Waals surface area contributed by atoms with E-state index >= 15 is 0 Å². The van der Waals surface area contributed by atoms with E-state index in [0.717, 1.165) is 22.4 Å². The molecule has 4 aromatic rings. The third-order valence-electron chi connectivity index (χ3n) is 4.37. The van der Waals surface area contributed by atoms with E-state index in [4.69, 9.17) is 4.98 Å². The second-order valence-corrected chi connectivity index (χ2v) is 6.22. The number of aryl methyl sites for hydroxylation is 1. The standard InChI is InChI=1S/C24H19N/c1-18-9-8-14-21(15-18)24-23(20-12-6-3-7-13-20)16-22(17-25-24)19-10-4-2-5-11-19/h2-17H,1H3. The van der Waals surface area contributed by atoms with E-state index in [9.17, 15) is 0 Å². The Morgan fingerprint density at radius 2 is 1.20 bits per heavy atom. The van der Waals surface area contributed by atoms with Crippen molar-refractivity contribution in [3.8, 4) is 33.5 Å². The lowest BCUT2D eigenvalue weighted by atomic mass is 9.95. The number of aromatic nitrogens is 1. The summed E-state index contributed by atoms with van der Waals surface area (Å²) in [5, 5.41) is 0. The molecule has 0 aliphatic rings. The van der Waals surface area contributed by atoms with Crippen molar-refractivity contribution in [1.82, 2.24) is 4.98 Å². The highest BCUT2D eigenvalue weighted by Crippen LogP contribution is 2.34. The van der Waals surface area contributed by atoms with Crippen molar-refractivity contribution in [2.24, 2.45) is 0 Å². The molecule has 1 nitrogen and oxygen atoms in total. The van der Waals surface area contributed by atoms with Crippen LogP contribution in [-0.4, -0.2) is 4.98 Å². The Morgan fingerprint density at radius 1 is 0.560 bits per heavy atom. The lowest BCUT2D eigenvalue weighted by Crippen LogP contribution is -1.92. The van der Waals surface area contributed by atoms with Crippen molar-refractivity contribution in [2.75, 3.05) is 0 Å². The summed E-state index contributed by atoms with van der Waals surface area (Å²) in [6.45, 7) is 2.12. The number of hydrogen-bond donors (Lipinski definition) is 0. The third-order valence-corrected chi connectivity index (χ3v) is 4.37. The van der Waals surface area contributed by atoms with Crippen LogP contribution in [-0.2, 0) is 0 Å². The number of benzene rings is 3. The molecule has 1 heterocycles. The third kappa shape index (κ3) is 3.22. The quantitative estimate of drug-likeness (QED) is 0.426. The number of rotatable bonds is 3. The van der Waals surface area contributed by atoms with Crippen molar-refractivity contribution in [2.45, 2.75) is 6.92 Å². The SMILES string of the molecule is Cc1cccc(-c2ncc(-c3ccccc3)cc2-c2ccccc2)c1. The minimum atomic E-state index is 1.02. The Morgan fingerprint density at radius 3 is 1.88 bits per heavy atom. The molecule has 0 saturated heterocycles. The maximum absolute atomic E-state index is 4.84. The average molecular weight is 321 g/mol. The zero-order valence-corrected chi connectivity index (χ0v) is 14.2. The van der Waals surface area contributed by atoms with Crippen molar-refractivity contribution in [1.29, 1.82) is 0 Å². The van der Waals surface area contributed by atoms with Crippen molar-refractivity contribution < 1.29 is 0 Å². The van der Waals surface area contributed by atoms with Gasteiger partial charge in [0, 0.05) is 22.9 Å². The van der Waals surface area contributed by atoms with Crippen LogP contribution in [0.4, 0.5) is 0 Å². The average Bonchev–Trinajstić information content (AvgIpc) is 2.69. The zero-order chi connectivity index (χ0) is 17.1. The molecule has 0 radical (unpaired) electrons. The monoisotopic (exact) mass is 321 g/mol. The van der Waals surface area contributed by atoms with Crippen LogP contribution in [0.2, 0.25) is 0 Å². The number of hydrogen-bond acceptors (Lipinski definition) is 1. The Kier molecular flexibility index (Phi) is 4.14. The van der Waals surface area contributed by atoms with Gasteiger partial charge in [-0.05, 0) is 30.2 Å². The lowest BCUT2D eigenvalue weighted by Gasteiger charge is -2.12. The minimum absolute atomic E-state index is 1.02. The van der Waals surface area contributed by atoms with Crippen LogP contribution in [0.15, 0.2) is 97.2 Å². The smallest absolute Gasteiger partial charge is 0.0780 e. The lowest BCUT2D eigenvalue weighted by molar-refractivity contribution is 1.32. The highest BCUT2D eigenvalue weighted by molar-refractivity contribution is 5.84. The van der Waals surface area contributed by atoms with Gasteiger partial charge in [0.05, 0.1) is 5.69 Å². The first-order valence-electron chi connectivity index (χ1n) is 8.49. The summed E-state index contributed by atoms with van der Waals surface area (Å²) < 4.78 is 0. The predicted octanol–water partition coefficient (Wildman–Crippen LogP) is 6.39. The fourth-order valence-electron chi connectivity index (χ4n) is 3.11. The van der Waals surface area contributed by atoms with Crippen molar-refractivity contribution in [3.63, 3.8) is 0 Å². The van der Waals surface area contributed by atoms with E-state index in [1.807, 2.05) is 18.3 Å². The maximum Gasteiger partial charge on any atom is 0.0780 e. The van der Waals surface area contributed by atoms with Crippen LogP contribution in [0.5, 0.6) is 0 Å². The molecule has 25 heavy (non-hydrogen) atoms. The molecule has 0 unspecified atom stereocenters. The highest BCUT2D eigenvalue weighted by atomic mass is 14.7. The van der Waals surface area contributed by atoms with Gasteiger partial charge >= 0.3 is 0 Å². The predicted molar refractivity (Wildman–Crippen MR) is 105 cm³/mol. The van der Waals surface area contributed by atoms with Crippen LogP contribution in [0.25, 0.3) is 33.5 Å². The molecule has 4 rings (SSSR count). The molecule has 0 spiro atoms. The summed E-state index contributed by atoms with van der Waals surface area (Å²) in [6, 6.07) is 31.7. The molecule has 3 aromatic carbocycles. The largest absolute Gasteiger partial charge is 0.255 e. The zero-order valence-electron chi connectivity index (χ0n) is 14.2. The van der Waals surface area contributed by atoms with Gasteiger partial charge in [-0.25, -0.2) is 0 Å². The van der Waals surface area contributed by atoms with Gasteiger partial charge in [0.1, 0.15) is 0 Å². The van der Waals surface area contributed by atoms with Crippen molar-refractivity contribution >= 4 is 0 Å². The summed E-state index contributed by atoms with van der Waals surface area (Å²) >= 11 is 0. The van der Waals surface area contributed by atoms with Crippen LogP contribution in [0.1, 0.15) is 5.56 Å². The molecule has 0 fully saturated rings. The Balaban J connectivity index is 1.93. The first-order chi connectivity index (χ1) is 12.3. The Hall–Kier alpha value is -3.19. The molecule has 120 valence electrons. The molecular formula is C24H19N. The molecule has 0 aliphatic heterocycles. The Bertz CT molecular complexity index is 989. The second kappa shape index (κ2) is 6.74. The van der Waals surface area contributed by atoms with Crippen LogP contribution < -0.4 is 0 Å². The second-order valence-electron chi connectivity index (χ2n) is 6.22. The van der Waals surface area contributed by atoms with Crippen LogP contribution >= 0.6 is 0 Å². The van der Waals surface area contributed by atoms with Gasteiger partial charge in [0.15, 0.2) is 0 Å². The summed E-state index contributed by atoms with van der Waals surface area (Å²) in [7, 11) is 0. The molecule has 0 amide bonds. The molecule has 0 bridgehead atoms. The molecule has 0 aliphatic carbocycles. The fraction of sp³-hybridized carbons (Fsp3) is 0.0417. The van der Waals surface area contributed by atoms with Gasteiger partial charge in [-0.15, -0.1) is 0 Å². The minimum Gasteiger partial charge on any atom is -0.255 e. The normalized spacial score (nSPS) is 10.6. The van der Waals surface area contributed by atoms with Crippen LogP contribution in [0, 0.1) is 6.92 Å². The number of nitrogens with zero attached hydrogens (tertiary/aromatic N) is 1. The summed E-state index contributed by atoms with van der Waals surface area (Å²) in [5.74, 6) is 0.